The van der Waals surface area contributed by atoms with E-state index in [9.17, 15) is 18.0 Å². The number of halogens is 3. The minimum Gasteiger partial charge on any atom is -0.406 e. The summed E-state index contributed by atoms with van der Waals surface area (Å²) < 4.78 is 40.8. The predicted octanol–water partition coefficient (Wildman–Crippen LogP) is 4.14. The number of nitrogens with zero attached hydrogens (tertiary/aromatic N) is 3. The molecule has 1 fully saturated rings. The molecule has 1 aliphatic rings. The highest BCUT2D eigenvalue weighted by Crippen LogP contribution is 2.32. The lowest BCUT2D eigenvalue weighted by Gasteiger charge is -2.21. The van der Waals surface area contributed by atoms with Crippen LogP contribution >= 0.6 is 0 Å². The number of anilines is 2. The number of pyridine rings is 2. The molecule has 1 aromatic carbocycles. The number of carbonyl (C=O) groups excluding carboxylic acids is 1. The second kappa shape index (κ2) is 9.07. The number of aryl methyl sites for hydroxylation is 1. The highest BCUT2D eigenvalue weighted by Gasteiger charge is 2.31. The van der Waals surface area contributed by atoms with Gasteiger partial charge in [-0.05, 0) is 49.7 Å². The number of ether oxygens (including phenoxy) is 1. The zero-order chi connectivity index (χ0) is 23.6. The average Bonchev–Trinajstić information content (AvgIpc) is 3.20. The molecule has 1 aliphatic heterocycles. The summed E-state index contributed by atoms with van der Waals surface area (Å²) in [5, 5.41) is 2.67. The van der Waals surface area contributed by atoms with Gasteiger partial charge in [-0.25, -0.2) is 4.98 Å². The molecule has 3 aromatic rings. The van der Waals surface area contributed by atoms with Gasteiger partial charge in [-0.15, -0.1) is 13.2 Å². The molecule has 33 heavy (non-hydrogen) atoms. The van der Waals surface area contributed by atoms with Gasteiger partial charge in [-0.2, -0.15) is 0 Å². The summed E-state index contributed by atoms with van der Waals surface area (Å²) >= 11 is 0. The van der Waals surface area contributed by atoms with Crippen LogP contribution < -0.4 is 20.7 Å². The molecule has 0 bridgehead atoms. The third-order valence-electron chi connectivity index (χ3n) is 5.22. The van der Waals surface area contributed by atoms with E-state index in [2.05, 4.69) is 24.9 Å². The number of hydrogen-bond acceptors (Lipinski definition) is 6. The molecule has 1 atom stereocenters. The first kappa shape index (κ1) is 22.5. The van der Waals surface area contributed by atoms with Crippen LogP contribution in [-0.4, -0.2) is 41.4 Å². The van der Waals surface area contributed by atoms with Crippen molar-refractivity contribution in [2.24, 2.45) is 5.73 Å². The lowest BCUT2D eigenvalue weighted by molar-refractivity contribution is -0.274. The van der Waals surface area contributed by atoms with E-state index in [0.29, 0.717) is 17.8 Å². The maximum Gasteiger partial charge on any atom is 0.573 e. The Hall–Kier alpha value is -3.66. The molecule has 172 valence electrons. The van der Waals surface area contributed by atoms with Crippen LogP contribution in [0.25, 0.3) is 11.1 Å². The number of nitrogens with two attached hydrogens (primary N) is 1. The normalized spacial score (nSPS) is 16.0. The number of hydrogen-bond donors (Lipinski definition) is 2. The maximum atomic E-state index is 12.8. The number of alkyl halides is 3. The monoisotopic (exact) mass is 457 g/mol. The van der Waals surface area contributed by atoms with E-state index < -0.39 is 12.3 Å². The summed E-state index contributed by atoms with van der Waals surface area (Å²) in [7, 11) is 0. The molecule has 1 amide bonds. The number of aromatic nitrogens is 2. The molecule has 0 aliphatic carbocycles. The van der Waals surface area contributed by atoms with Crippen LogP contribution in [0.5, 0.6) is 5.75 Å². The molecule has 3 heterocycles. The molecule has 10 heteroatoms. The van der Waals surface area contributed by atoms with Crippen molar-refractivity contribution in [1.29, 1.82) is 0 Å². The van der Waals surface area contributed by atoms with Crippen LogP contribution in [0.1, 0.15) is 22.5 Å². The van der Waals surface area contributed by atoms with E-state index >= 15 is 0 Å². The Balaban J connectivity index is 1.59. The fourth-order valence-electron chi connectivity index (χ4n) is 3.60. The first-order valence-corrected chi connectivity index (χ1v) is 10.3. The number of rotatable bonds is 5. The van der Waals surface area contributed by atoms with Gasteiger partial charge in [-0.1, -0.05) is 6.07 Å². The first-order chi connectivity index (χ1) is 15.7. The lowest BCUT2D eigenvalue weighted by Crippen LogP contribution is -2.27. The number of benzene rings is 1. The Morgan fingerprint density at radius 2 is 1.91 bits per heavy atom. The van der Waals surface area contributed by atoms with Crippen LogP contribution in [0.3, 0.4) is 0 Å². The predicted molar refractivity (Wildman–Crippen MR) is 118 cm³/mol. The highest BCUT2D eigenvalue weighted by molar-refractivity contribution is 6.05. The van der Waals surface area contributed by atoms with Crippen molar-refractivity contribution < 1.29 is 22.7 Å². The fraction of sp³-hybridized carbons (Fsp3) is 0.261. The zero-order valence-electron chi connectivity index (χ0n) is 17.8. The molecule has 0 saturated carbocycles. The van der Waals surface area contributed by atoms with Crippen molar-refractivity contribution >= 4 is 17.4 Å². The summed E-state index contributed by atoms with van der Waals surface area (Å²) in [6, 6.07) is 10.5. The van der Waals surface area contributed by atoms with Gasteiger partial charge in [0.2, 0.25) is 0 Å². The summed E-state index contributed by atoms with van der Waals surface area (Å²) in [5.74, 6) is -0.0960. The molecular weight excluding hydrogens is 435 g/mol. The smallest absolute Gasteiger partial charge is 0.406 e. The highest BCUT2D eigenvalue weighted by atomic mass is 19.4. The molecule has 7 nitrogen and oxygen atoms in total. The van der Waals surface area contributed by atoms with E-state index in [0.717, 1.165) is 47.7 Å². The molecule has 3 N–H and O–H groups in total. The van der Waals surface area contributed by atoms with Gasteiger partial charge in [0, 0.05) is 54.0 Å². The second-order valence-electron chi connectivity index (χ2n) is 7.80. The first-order valence-electron chi connectivity index (χ1n) is 10.3. The number of carbonyl (C=O) groups is 1. The lowest BCUT2D eigenvalue weighted by atomic mass is 10.1. The Morgan fingerprint density at radius 3 is 2.52 bits per heavy atom. The van der Waals surface area contributed by atoms with Crippen molar-refractivity contribution in [3.63, 3.8) is 0 Å². The molecule has 4 rings (SSSR count). The molecule has 2 aromatic heterocycles. The number of amides is 1. The van der Waals surface area contributed by atoms with E-state index in [1.807, 2.05) is 19.1 Å². The minimum absolute atomic E-state index is 0.0584. The van der Waals surface area contributed by atoms with Gasteiger partial charge < -0.3 is 20.7 Å². The van der Waals surface area contributed by atoms with Crippen molar-refractivity contribution in [2.45, 2.75) is 25.7 Å². The molecule has 1 saturated heterocycles. The van der Waals surface area contributed by atoms with E-state index in [4.69, 9.17) is 5.73 Å². The number of nitrogens with one attached hydrogen (secondary N) is 1. The van der Waals surface area contributed by atoms with E-state index in [-0.39, 0.29) is 11.8 Å². The Bertz CT molecular complexity index is 1130. The quantitative estimate of drug-likeness (QED) is 0.598. The van der Waals surface area contributed by atoms with Crippen LogP contribution in [-0.2, 0) is 0 Å². The Kier molecular flexibility index (Phi) is 6.19. The summed E-state index contributed by atoms with van der Waals surface area (Å²) in [6.07, 6.45) is -0.726. The van der Waals surface area contributed by atoms with E-state index in [1.165, 1.54) is 18.3 Å². The topological polar surface area (TPSA) is 93.4 Å². The van der Waals surface area contributed by atoms with Gasteiger partial charge in [0.15, 0.2) is 0 Å². The van der Waals surface area contributed by atoms with Gasteiger partial charge >= 0.3 is 6.36 Å². The van der Waals surface area contributed by atoms with Crippen LogP contribution in [0.4, 0.5) is 24.7 Å². The molecular formula is C23H22F3N5O2. The van der Waals surface area contributed by atoms with Crippen molar-refractivity contribution in [1.82, 2.24) is 9.97 Å². The maximum absolute atomic E-state index is 12.8. The third-order valence-corrected chi connectivity index (χ3v) is 5.22. The zero-order valence-corrected chi connectivity index (χ0v) is 17.8. The van der Waals surface area contributed by atoms with Crippen molar-refractivity contribution in [2.75, 3.05) is 23.3 Å². The SMILES string of the molecule is Cc1ccc(-c2cc(C(=O)Nc3ccc(OC(F)(F)F)cc3)cnc2N2CC[C@H](N)C2)cn1. The molecule has 0 unspecified atom stereocenters. The Morgan fingerprint density at radius 1 is 1.15 bits per heavy atom. The van der Waals surface area contributed by atoms with Gasteiger partial charge in [0.25, 0.3) is 5.91 Å². The summed E-state index contributed by atoms with van der Waals surface area (Å²) in [5.41, 5.74) is 9.11. The fourth-order valence-corrected chi connectivity index (χ4v) is 3.60. The van der Waals surface area contributed by atoms with Gasteiger partial charge in [-0.3, -0.25) is 9.78 Å². The van der Waals surface area contributed by atoms with E-state index in [1.54, 1.807) is 12.3 Å². The standard InChI is InChI=1S/C23H22F3N5O2/c1-14-2-3-15(11-28-14)20-10-16(12-29-21(20)31-9-8-17(27)13-31)22(32)30-18-4-6-19(7-5-18)33-23(24,25)26/h2-7,10-12,17H,8-9,13,27H2,1H3,(H,30,32)/t17-/m0/s1. The van der Waals surface area contributed by atoms with Gasteiger partial charge in [0.1, 0.15) is 11.6 Å². The third kappa shape index (κ3) is 5.58. The average molecular weight is 457 g/mol. The minimum atomic E-state index is -4.78. The van der Waals surface area contributed by atoms with Crippen molar-refractivity contribution in [3.8, 4) is 16.9 Å². The molecule has 0 spiro atoms. The van der Waals surface area contributed by atoms with Crippen LogP contribution in [0.2, 0.25) is 0 Å². The second-order valence-corrected chi connectivity index (χ2v) is 7.80. The van der Waals surface area contributed by atoms with Crippen LogP contribution in [0, 0.1) is 6.92 Å². The van der Waals surface area contributed by atoms with Gasteiger partial charge in [0.05, 0.1) is 5.56 Å². The molecule has 0 radical (unpaired) electrons. The summed E-state index contributed by atoms with van der Waals surface area (Å²) in [4.78, 5) is 23.8. The summed E-state index contributed by atoms with van der Waals surface area (Å²) in [6.45, 7) is 3.31. The Labute approximate surface area is 188 Å². The van der Waals surface area contributed by atoms with Crippen LogP contribution in [0.15, 0.2) is 54.9 Å². The largest absolute Gasteiger partial charge is 0.573 e. The van der Waals surface area contributed by atoms with Crippen molar-refractivity contribution in [3.05, 3.63) is 66.1 Å².